The van der Waals surface area contributed by atoms with Crippen LogP contribution < -0.4 is 5.32 Å². The van der Waals surface area contributed by atoms with E-state index < -0.39 is 0 Å². The molecule has 16 heavy (non-hydrogen) atoms. The average Bonchev–Trinajstić information content (AvgIpc) is 2.58. The van der Waals surface area contributed by atoms with Crippen molar-refractivity contribution in [1.82, 2.24) is 15.2 Å². The van der Waals surface area contributed by atoms with Crippen molar-refractivity contribution in [2.24, 2.45) is 5.92 Å². The number of nitrogens with one attached hydrogen (secondary N) is 1. The number of likely N-dealkylation sites (N-methyl/N-ethyl adjacent to an activating group) is 1. The van der Waals surface area contributed by atoms with Gasteiger partial charge in [0.15, 0.2) is 0 Å². The van der Waals surface area contributed by atoms with Crippen LogP contribution in [0.5, 0.6) is 0 Å². The highest BCUT2D eigenvalue weighted by atomic mass is 32.1. The molecule has 1 rings (SSSR count). The van der Waals surface area contributed by atoms with Gasteiger partial charge in [0.25, 0.3) is 0 Å². The molecule has 1 aromatic heterocycles. The van der Waals surface area contributed by atoms with Gasteiger partial charge in [-0.3, -0.25) is 0 Å². The van der Waals surface area contributed by atoms with E-state index in [1.54, 1.807) is 11.3 Å². The largest absolute Gasteiger partial charge is 0.308 e. The van der Waals surface area contributed by atoms with E-state index in [0.29, 0.717) is 12.0 Å². The van der Waals surface area contributed by atoms with Crippen LogP contribution in [0.25, 0.3) is 0 Å². The fraction of sp³-hybridized carbons (Fsp3) is 0.750. The average molecular weight is 241 g/mol. The van der Waals surface area contributed by atoms with Gasteiger partial charge >= 0.3 is 0 Å². The summed E-state index contributed by atoms with van der Waals surface area (Å²) in [6.45, 7) is 8.59. The summed E-state index contributed by atoms with van der Waals surface area (Å²) in [6, 6.07) is 0.539. The van der Waals surface area contributed by atoms with Crippen LogP contribution in [-0.4, -0.2) is 36.6 Å². The Morgan fingerprint density at radius 1 is 1.44 bits per heavy atom. The zero-order valence-corrected chi connectivity index (χ0v) is 11.8. The van der Waals surface area contributed by atoms with Gasteiger partial charge < -0.3 is 10.2 Å². The maximum absolute atomic E-state index is 4.27. The summed E-state index contributed by atoms with van der Waals surface area (Å²) in [6.07, 6.45) is 1.97. The SMILES string of the molecule is Cc1ncc(CNC(CN(C)C)C(C)C)s1. The fourth-order valence-electron chi connectivity index (χ4n) is 1.62. The molecule has 1 N–H and O–H groups in total. The lowest BCUT2D eigenvalue weighted by Gasteiger charge is -2.25. The van der Waals surface area contributed by atoms with Gasteiger partial charge in [0.05, 0.1) is 5.01 Å². The number of thiazole rings is 1. The van der Waals surface area contributed by atoms with Gasteiger partial charge in [-0.1, -0.05) is 13.8 Å². The second-order valence-electron chi connectivity index (χ2n) is 4.84. The minimum absolute atomic E-state index is 0.539. The smallest absolute Gasteiger partial charge is 0.0897 e. The number of hydrogen-bond acceptors (Lipinski definition) is 4. The first kappa shape index (κ1) is 13.6. The Labute approximate surface area is 103 Å². The third-order valence-electron chi connectivity index (χ3n) is 2.57. The second-order valence-corrected chi connectivity index (χ2v) is 6.16. The molecule has 0 aliphatic carbocycles. The monoisotopic (exact) mass is 241 g/mol. The van der Waals surface area contributed by atoms with Crippen molar-refractivity contribution < 1.29 is 0 Å². The van der Waals surface area contributed by atoms with Crippen LogP contribution in [0.15, 0.2) is 6.20 Å². The molecular formula is C12H23N3S. The van der Waals surface area contributed by atoms with Crippen LogP contribution in [0, 0.1) is 12.8 Å². The molecule has 0 saturated heterocycles. The lowest BCUT2D eigenvalue weighted by Crippen LogP contribution is -2.41. The number of nitrogens with zero attached hydrogens (tertiary/aromatic N) is 2. The summed E-state index contributed by atoms with van der Waals surface area (Å²) in [5.74, 6) is 0.649. The first-order valence-corrected chi connectivity index (χ1v) is 6.60. The van der Waals surface area contributed by atoms with Crippen LogP contribution in [0.3, 0.4) is 0 Å². The summed E-state index contributed by atoms with van der Waals surface area (Å²) in [5.41, 5.74) is 0. The lowest BCUT2D eigenvalue weighted by molar-refractivity contribution is 0.288. The molecule has 0 spiro atoms. The van der Waals surface area contributed by atoms with Gasteiger partial charge in [0, 0.05) is 30.2 Å². The molecule has 0 radical (unpaired) electrons. The summed E-state index contributed by atoms with van der Waals surface area (Å²) in [7, 11) is 4.24. The number of aryl methyl sites for hydroxylation is 1. The predicted octanol–water partition coefficient (Wildman–Crippen LogP) is 2.13. The zero-order chi connectivity index (χ0) is 12.1. The highest BCUT2D eigenvalue weighted by Crippen LogP contribution is 2.12. The molecular weight excluding hydrogens is 218 g/mol. The van der Waals surface area contributed by atoms with Gasteiger partial charge in [0.1, 0.15) is 0 Å². The van der Waals surface area contributed by atoms with Crippen LogP contribution >= 0.6 is 11.3 Å². The Bertz CT molecular complexity index is 307. The van der Waals surface area contributed by atoms with Crippen molar-refractivity contribution in [3.8, 4) is 0 Å². The molecule has 0 aliphatic heterocycles. The van der Waals surface area contributed by atoms with E-state index in [2.05, 4.69) is 43.1 Å². The quantitative estimate of drug-likeness (QED) is 0.827. The summed E-state index contributed by atoms with van der Waals surface area (Å²) in [4.78, 5) is 7.82. The molecule has 0 amide bonds. The third-order valence-corrected chi connectivity index (χ3v) is 3.49. The van der Waals surface area contributed by atoms with Crippen LogP contribution in [0.1, 0.15) is 23.7 Å². The first-order chi connectivity index (χ1) is 7.49. The molecule has 1 aromatic rings. The number of rotatable bonds is 6. The highest BCUT2D eigenvalue weighted by Gasteiger charge is 2.13. The Balaban J connectivity index is 2.43. The zero-order valence-electron chi connectivity index (χ0n) is 10.9. The molecule has 1 atom stereocenters. The number of aromatic nitrogens is 1. The highest BCUT2D eigenvalue weighted by molar-refractivity contribution is 7.11. The van der Waals surface area contributed by atoms with Crippen molar-refractivity contribution in [2.45, 2.75) is 33.4 Å². The van der Waals surface area contributed by atoms with E-state index in [9.17, 15) is 0 Å². The van der Waals surface area contributed by atoms with E-state index in [1.165, 1.54) is 4.88 Å². The summed E-state index contributed by atoms with van der Waals surface area (Å²) < 4.78 is 0. The van der Waals surface area contributed by atoms with Crippen molar-refractivity contribution in [1.29, 1.82) is 0 Å². The van der Waals surface area contributed by atoms with E-state index in [0.717, 1.165) is 18.1 Å². The van der Waals surface area contributed by atoms with Gasteiger partial charge in [-0.2, -0.15) is 0 Å². The Hall–Kier alpha value is -0.450. The van der Waals surface area contributed by atoms with E-state index in [-0.39, 0.29) is 0 Å². The fourth-order valence-corrected chi connectivity index (χ4v) is 2.37. The van der Waals surface area contributed by atoms with Crippen molar-refractivity contribution in [2.75, 3.05) is 20.6 Å². The van der Waals surface area contributed by atoms with Crippen molar-refractivity contribution in [3.63, 3.8) is 0 Å². The Morgan fingerprint density at radius 3 is 2.56 bits per heavy atom. The molecule has 3 nitrogen and oxygen atoms in total. The normalized spacial score (nSPS) is 13.7. The summed E-state index contributed by atoms with van der Waals surface area (Å²) in [5, 5.41) is 4.75. The first-order valence-electron chi connectivity index (χ1n) is 5.78. The van der Waals surface area contributed by atoms with Crippen LogP contribution in [0.4, 0.5) is 0 Å². The molecule has 0 aromatic carbocycles. The Kier molecular flexibility index (Phi) is 5.38. The van der Waals surface area contributed by atoms with Gasteiger partial charge in [0.2, 0.25) is 0 Å². The Morgan fingerprint density at radius 2 is 2.12 bits per heavy atom. The molecule has 0 fully saturated rings. The summed E-state index contributed by atoms with van der Waals surface area (Å²) >= 11 is 1.77. The van der Waals surface area contributed by atoms with Crippen molar-refractivity contribution in [3.05, 3.63) is 16.1 Å². The standard InChI is InChI=1S/C12H23N3S/c1-9(2)12(8-15(4)5)14-7-11-6-13-10(3)16-11/h6,9,12,14H,7-8H2,1-5H3. The lowest BCUT2D eigenvalue weighted by atomic mass is 10.0. The van der Waals surface area contributed by atoms with Gasteiger partial charge in [-0.25, -0.2) is 4.98 Å². The van der Waals surface area contributed by atoms with Crippen LogP contribution in [0.2, 0.25) is 0 Å². The van der Waals surface area contributed by atoms with E-state index in [1.807, 2.05) is 13.1 Å². The van der Waals surface area contributed by atoms with E-state index in [4.69, 9.17) is 0 Å². The van der Waals surface area contributed by atoms with Gasteiger partial charge in [-0.05, 0) is 26.9 Å². The van der Waals surface area contributed by atoms with Crippen molar-refractivity contribution >= 4 is 11.3 Å². The molecule has 4 heteroatoms. The predicted molar refractivity (Wildman–Crippen MR) is 70.9 cm³/mol. The van der Waals surface area contributed by atoms with Gasteiger partial charge in [-0.15, -0.1) is 11.3 Å². The molecule has 1 unspecified atom stereocenters. The molecule has 0 bridgehead atoms. The minimum atomic E-state index is 0.539. The maximum Gasteiger partial charge on any atom is 0.0897 e. The maximum atomic E-state index is 4.27. The second kappa shape index (κ2) is 6.33. The molecule has 0 saturated carbocycles. The molecule has 92 valence electrons. The molecule has 1 heterocycles. The minimum Gasteiger partial charge on any atom is -0.308 e. The number of hydrogen-bond donors (Lipinski definition) is 1. The third kappa shape index (κ3) is 4.60. The van der Waals surface area contributed by atoms with Crippen LogP contribution in [-0.2, 0) is 6.54 Å². The molecule has 0 aliphatic rings. The topological polar surface area (TPSA) is 28.2 Å². The van der Waals surface area contributed by atoms with E-state index >= 15 is 0 Å².